The van der Waals surface area contributed by atoms with Crippen molar-refractivity contribution >= 4 is 11.6 Å². The largest absolute Gasteiger partial charge is 0.508 e. The van der Waals surface area contributed by atoms with Crippen molar-refractivity contribution in [1.82, 2.24) is 9.88 Å². The molecule has 1 aromatic heterocycles. The summed E-state index contributed by atoms with van der Waals surface area (Å²) in [7, 11) is 0. The summed E-state index contributed by atoms with van der Waals surface area (Å²) in [6.45, 7) is 2.24. The molecule has 5 nitrogen and oxygen atoms in total. The Kier molecular flexibility index (Phi) is 4.88. The molecule has 3 aromatic rings. The second-order valence-electron chi connectivity index (χ2n) is 6.56. The van der Waals surface area contributed by atoms with Crippen LogP contribution in [-0.2, 0) is 13.1 Å². The maximum absolute atomic E-state index is 10.5. The number of aromatic nitrogens is 1. The van der Waals surface area contributed by atoms with Gasteiger partial charge in [-0.2, -0.15) is 0 Å². The number of fused-ring (bicyclic) bond motifs is 1. The van der Waals surface area contributed by atoms with Crippen LogP contribution in [0.15, 0.2) is 54.9 Å². The molecule has 2 N–H and O–H groups in total. The van der Waals surface area contributed by atoms with Crippen LogP contribution in [0.2, 0.25) is 5.02 Å². The predicted octanol–water partition coefficient (Wildman–Crippen LogP) is 4.21. The number of benzene rings is 2. The van der Waals surface area contributed by atoms with Crippen LogP contribution in [0.5, 0.6) is 17.2 Å². The summed E-state index contributed by atoms with van der Waals surface area (Å²) in [5.41, 5.74) is 3.47. The maximum Gasteiger partial charge on any atom is 0.165 e. The molecule has 27 heavy (non-hydrogen) atoms. The van der Waals surface area contributed by atoms with Crippen LogP contribution in [0.3, 0.4) is 0 Å². The van der Waals surface area contributed by atoms with E-state index >= 15 is 0 Å². The number of phenols is 2. The molecule has 0 fully saturated rings. The number of pyridine rings is 1. The average Bonchev–Trinajstić information content (AvgIpc) is 2.87. The van der Waals surface area contributed by atoms with Crippen molar-refractivity contribution in [3.63, 3.8) is 0 Å². The number of hydrogen-bond acceptors (Lipinski definition) is 5. The molecule has 0 unspecified atom stereocenters. The van der Waals surface area contributed by atoms with Crippen LogP contribution in [0.25, 0.3) is 11.1 Å². The Labute approximate surface area is 162 Å². The Bertz CT molecular complexity index is 963. The molecule has 0 radical (unpaired) electrons. The quantitative estimate of drug-likeness (QED) is 0.710. The van der Waals surface area contributed by atoms with Crippen LogP contribution < -0.4 is 4.74 Å². The molecule has 2 heterocycles. The minimum atomic E-state index is 0.124. The first kappa shape index (κ1) is 17.6. The number of rotatable bonds is 3. The molecule has 0 amide bonds. The smallest absolute Gasteiger partial charge is 0.165 e. The molecular formula is C21H19ClN2O3. The van der Waals surface area contributed by atoms with Gasteiger partial charge >= 0.3 is 0 Å². The van der Waals surface area contributed by atoms with Crippen LogP contribution in [-0.4, -0.2) is 33.2 Å². The number of aromatic hydroxyl groups is 2. The molecule has 0 saturated carbocycles. The van der Waals surface area contributed by atoms with Crippen molar-refractivity contribution in [3.8, 4) is 28.4 Å². The Morgan fingerprint density at radius 3 is 2.78 bits per heavy atom. The summed E-state index contributed by atoms with van der Waals surface area (Å²) in [4.78, 5) is 6.30. The average molecular weight is 383 g/mol. The molecule has 2 aromatic carbocycles. The van der Waals surface area contributed by atoms with Crippen molar-refractivity contribution in [2.24, 2.45) is 0 Å². The SMILES string of the molecule is Oc1ccc(Cl)cc1CN1CCOc2c(O)cc(-c3cccnc3)cc2C1. The van der Waals surface area contributed by atoms with E-state index in [1.807, 2.05) is 18.2 Å². The van der Waals surface area contributed by atoms with Crippen molar-refractivity contribution < 1.29 is 14.9 Å². The van der Waals surface area contributed by atoms with Gasteiger partial charge in [-0.05, 0) is 42.0 Å². The van der Waals surface area contributed by atoms with Gasteiger partial charge in [-0.1, -0.05) is 17.7 Å². The number of nitrogens with zero attached hydrogens (tertiary/aromatic N) is 2. The van der Waals surface area contributed by atoms with Gasteiger partial charge in [-0.25, -0.2) is 0 Å². The second kappa shape index (κ2) is 7.47. The van der Waals surface area contributed by atoms with E-state index in [9.17, 15) is 10.2 Å². The van der Waals surface area contributed by atoms with Crippen LogP contribution >= 0.6 is 11.6 Å². The lowest BCUT2D eigenvalue weighted by Crippen LogP contribution is -2.25. The maximum atomic E-state index is 10.5. The van der Waals surface area contributed by atoms with Gasteiger partial charge in [0.2, 0.25) is 0 Å². The molecule has 138 valence electrons. The first-order valence-corrected chi connectivity index (χ1v) is 9.07. The fraction of sp³-hybridized carbons (Fsp3) is 0.190. The summed E-state index contributed by atoms with van der Waals surface area (Å²) in [5, 5.41) is 21.2. The van der Waals surface area contributed by atoms with Gasteiger partial charge in [0.1, 0.15) is 12.4 Å². The molecule has 0 spiro atoms. The molecule has 0 bridgehead atoms. The number of ether oxygens (including phenoxy) is 1. The highest BCUT2D eigenvalue weighted by Gasteiger charge is 2.20. The van der Waals surface area contributed by atoms with Crippen molar-refractivity contribution in [3.05, 3.63) is 71.0 Å². The normalized spacial score (nSPS) is 14.3. The van der Waals surface area contributed by atoms with Gasteiger partial charge in [-0.15, -0.1) is 0 Å². The minimum Gasteiger partial charge on any atom is -0.508 e. The highest BCUT2D eigenvalue weighted by molar-refractivity contribution is 6.30. The fourth-order valence-corrected chi connectivity index (χ4v) is 3.50. The topological polar surface area (TPSA) is 65.8 Å². The van der Waals surface area contributed by atoms with Gasteiger partial charge in [0, 0.05) is 53.7 Å². The molecule has 1 aliphatic rings. The molecule has 0 saturated heterocycles. The summed E-state index contributed by atoms with van der Waals surface area (Å²) in [6, 6.07) is 12.6. The lowest BCUT2D eigenvalue weighted by Gasteiger charge is -2.20. The highest BCUT2D eigenvalue weighted by Crippen LogP contribution is 2.38. The lowest BCUT2D eigenvalue weighted by molar-refractivity contribution is 0.215. The van der Waals surface area contributed by atoms with Crippen LogP contribution in [0, 0.1) is 0 Å². The molecule has 0 atom stereocenters. The van der Waals surface area contributed by atoms with Crippen LogP contribution in [0.1, 0.15) is 11.1 Å². The summed E-state index contributed by atoms with van der Waals surface area (Å²) >= 11 is 6.06. The monoisotopic (exact) mass is 382 g/mol. The third-order valence-corrected chi connectivity index (χ3v) is 4.86. The first-order valence-electron chi connectivity index (χ1n) is 8.69. The second-order valence-corrected chi connectivity index (χ2v) is 6.99. The number of halogens is 1. The predicted molar refractivity (Wildman–Crippen MR) is 104 cm³/mol. The fourth-order valence-electron chi connectivity index (χ4n) is 3.31. The zero-order chi connectivity index (χ0) is 18.8. The van der Waals surface area contributed by atoms with Gasteiger partial charge in [0.25, 0.3) is 0 Å². The van der Waals surface area contributed by atoms with E-state index in [1.54, 1.807) is 36.7 Å². The Morgan fingerprint density at radius 2 is 1.96 bits per heavy atom. The number of phenolic OH excluding ortho intramolecular Hbond substituents is 2. The summed E-state index contributed by atoms with van der Waals surface area (Å²) < 4.78 is 5.80. The Hall–Kier alpha value is -2.76. The summed E-state index contributed by atoms with van der Waals surface area (Å²) in [6.07, 6.45) is 3.48. The Morgan fingerprint density at radius 1 is 1.07 bits per heavy atom. The third kappa shape index (κ3) is 3.84. The molecule has 4 rings (SSSR count). The van der Waals surface area contributed by atoms with Gasteiger partial charge in [0.15, 0.2) is 11.5 Å². The van der Waals surface area contributed by atoms with Gasteiger partial charge in [-0.3, -0.25) is 9.88 Å². The van der Waals surface area contributed by atoms with E-state index < -0.39 is 0 Å². The summed E-state index contributed by atoms with van der Waals surface area (Å²) in [5.74, 6) is 0.857. The molecule has 1 aliphatic heterocycles. The zero-order valence-corrected chi connectivity index (χ0v) is 15.4. The standard InChI is InChI=1S/C21H19ClN2O3/c22-18-3-4-19(25)16(9-18)12-24-6-7-27-21-17(13-24)8-15(10-20(21)26)14-2-1-5-23-11-14/h1-5,8-11,25-26H,6-7,12-13H2. The van der Waals surface area contributed by atoms with E-state index in [0.717, 1.165) is 22.3 Å². The molecule has 0 aliphatic carbocycles. The minimum absolute atomic E-state index is 0.124. The van der Waals surface area contributed by atoms with Crippen molar-refractivity contribution in [1.29, 1.82) is 0 Å². The van der Waals surface area contributed by atoms with E-state index in [1.165, 1.54) is 0 Å². The van der Waals surface area contributed by atoms with Gasteiger partial charge < -0.3 is 14.9 Å². The van der Waals surface area contributed by atoms with Crippen molar-refractivity contribution in [2.45, 2.75) is 13.1 Å². The number of hydrogen-bond donors (Lipinski definition) is 2. The first-order chi connectivity index (χ1) is 13.1. The van der Waals surface area contributed by atoms with Gasteiger partial charge in [0.05, 0.1) is 0 Å². The third-order valence-electron chi connectivity index (χ3n) is 4.62. The van der Waals surface area contributed by atoms with E-state index in [4.69, 9.17) is 16.3 Å². The zero-order valence-electron chi connectivity index (χ0n) is 14.6. The van der Waals surface area contributed by atoms with Crippen LogP contribution in [0.4, 0.5) is 0 Å². The van der Waals surface area contributed by atoms with Crippen molar-refractivity contribution in [2.75, 3.05) is 13.2 Å². The Balaban J connectivity index is 1.65. The van der Waals surface area contributed by atoms with E-state index in [-0.39, 0.29) is 11.5 Å². The lowest BCUT2D eigenvalue weighted by atomic mass is 10.0. The van der Waals surface area contributed by atoms with E-state index in [0.29, 0.717) is 37.0 Å². The van der Waals surface area contributed by atoms with E-state index in [2.05, 4.69) is 9.88 Å². The molecular weight excluding hydrogens is 364 g/mol. The highest BCUT2D eigenvalue weighted by atomic mass is 35.5. The molecule has 6 heteroatoms.